The average molecular weight is 305 g/mol. The number of aliphatic carboxylic acids is 1. The maximum atomic E-state index is 12.0. The third-order valence-corrected chi connectivity index (χ3v) is 3.75. The molecule has 0 saturated heterocycles. The van der Waals surface area contributed by atoms with Gasteiger partial charge in [0.2, 0.25) is 0 Å². The van der Waals surface area contributed by atoms with Gasteiger partial charge in [0, 0.05) is 6.04 Å². The number of ether oxygens (including phenoxy) is 1. The van der Waals surface area contributed by atoms with Gasteiger partial charge < -0.3 is 15.2 Å². The van der Waals surface area contributed by atoms with Crippen molar-refractivity contribution < 1.29 is 19.4 Å². The van der Waals surface area contributed by atoms with Crippen molar-refractivity contribution in [2.24, 2.45) is 5.92 Å². The first-order valence-corrected chi connectivity index (χ1v) is 7.52. The van der Waals surface area contributed by atoms with Gasteiger partial charge in [-0.3, -0.25) is 4.79 Å². The van der Waals surface area contributed by atoms with E-state index in [1.165, 1.54) is 11.1 Å². The Hall–Kier alpha value is -2.04. The summed E-state index contributed by atoms with van der Waals surface area (Å²) in [5.74, 6) is -0.835. The fraction of sp³-hybridized carbons (Fsp3) is 0.529. The molecule has 0 spiro atoms. The first-order valence-electron chi connectivity index (χ1n) is 7.52. The molecule has 1 unspecified atom stereocenters. The minimum absolute atomic E-state index is 0.0843. The lowest BCUT2D eigenvalue weighted by molar-refractivity contribution is -0.137. The zero-order valence-corrected chi connectivity index (χ0v) is 13.3. The molecule has 0 saturated carbocycles. The lowest BCUT2D eigenvalue weighted by Crippen LogP contribution is -2.44. The van der Waals surface area contributed by atoms with E-state index in [-0.39, 0.29) is 12.3 Å². The zero-order chi connectivity index (χ0) is 16.3. The van der Waals surface area contributed by atoms with Crippen molar-refractivity contribution in [2.45, 2.75) is 51.7 Å². The summed E-state index contributed by atoms with van der Waals surface area (Å²) in [6.07, 6.45) is 0.904. The van der Waals surface area contributed by atoms with Crippen molar-refractivity contribution in [3.8, 4) is 0 Å². The summed E-state index contributed by atoms with van der Waals surface area (Å²) in [6.45, 7) is 5.35. The second-order valence-corrected chi connectivity index (χ2v) is 6.79. The molecule has 5 heteroatoms. The number of hydrogen-bond donors (Lipinski definition) is 2. The summed E-state index contributed by atoms with van der Waals surface area (Å²) in [6, 6.07) is 7.64. The molecule has 120 valence electrons. The fourth-order valence-corrected chi connectivity index (χ4v) is 2.86. The number of hydrogen-bond acceptors (Lipinski definition) is 3. The summed E-state index contributed by atoms with van der Waals surface area (Å²) >= 11 is 0. The molecule has 0 radical (unpaired) electrons. The standard InChI is InChI=1S/C17H23NO4/c1-17(2,3)22-16(21)18-14(10-15(19)20)13-8-11-6-4-5-7-12(11)9-13/h4-7,13-14H,8-10H2,1-3H3,(H,18,21)(H,19,20). The molecule has 1 amide bonds. The molecule has 0 aliphatic heterocycles. The van der Waals surface area contributed by atoms with Crippen molar-refractivity contribution in [3.05, 3.63) is 35.4 Å². The topological polar surface area (TPSA) is 75.6 Å². The van der Waals surface area contributed by atoms with Gasteiger partial charge in [0.1, 0.15) is 5.60 Å². The Labute approximate surface area is 130 Å². The van der Waals surface area contributed by atoms with Crippen LogP contribution in [0.3, 0.4) is 0 Å². The molecule has 22 heavy (non-hydrogen) atoms. The van der Waals surface area contributed by atoms with Gasteiger partial charge in [-0.05, 0) is 50.7 Å². The van der Waals surface area contributed by atoms with Crippen LogP contribution in [-0.4, -0.2) is 28.8 Å². The van der Waals surface area contributed by atoms with Gasteiger partial charge in [-0.25, -0.2) is 4.79 Å². The van der Waals surface area contributed by atoms with E-state index in [9.17, 15) is 9.59 Å². The summed E-state index contributed by atoms with van der Waals surface area (Å²) in [4.78, 5) is 23.1. The van der Waals surface area contributed by atoms with Crippen LogP contribution >= 0.6 is 0 Å². The van der Waals surface area contributed by atoms with E-state index in [0.717, 1.165) is 12.8 Å². The molecule has 0 bridgehead atoms. The lowest BCUT2D eigenvalue weighted by atomic mass is 9.94. The Balaban J connectivity index is 2.05. The van der Waals surface area contributed by atoms with Gasteiger partial charge in [-0.1, -0.05) is 24.3 Å². The predicted octanol–water partition coefficient (Wildman–Crippen LogP) is 2.77. The van der Waals surface area contributed by atoms with Crippen molar-refractivity contribution >= 4 is 12.1 Å². The largest absolute Gasteiger partial charge is 0.481 e. The molecule has 2 N–H and O–H groups in total. The highest BCUT2D eigenvalue weighted by Gasteiger charge is 2.32. The van der Waals surface area contributed by atoms with E-state index in [0.29, 0.717) is 0 Å². The van der Waals surface area contributed by atoms with Gasteiger partial charge in [0.25, 0.3) is 0 Å². The van der Waals surface area contributed by atoms with E-state index in [4.69, 9.17) is 9.84 Å². The maximum absolute atomic E-state index is 12.0. The van der Waals surface area contributed by atoms with Crippen LogP contribution in [0.25, 0.3) is 0 Å². The van der Waals surface area contributed by atoms with Gasteiger partial charge in [-0.15, -0.1) is 0 Å². The number of carbonyl (C=O) groups excluding carboxylic acids is 1. The summed E-state index contributed by atoms with van der Waals surface area (Å²) in [5.41, 5.74) is 1.86. The summed E-state index contributed by atoms with van der Waals surface area (Å²) < 4.78 is 5.24. The molecular formula is C17H23NO4. The predicted molar refractivity (Wildman–Crippen MR) is 82.8 cm³/mol. The Morgan fingerprint density at radius 2 is 1.82 bits per heavy atom. The third kappa shape index (κ3) is 4.48. The lowest BCUT2D eigenvalue weighted by Gasteiger charge is -2.26. The smallest absolute Gasteiger partial charge is 0.407 e. The van der Waals surface area contributed by atoms with Crippen LogP contribution in [0.15, 0.2) is 24.3 Å². The zero-order valence-electron chi connectivity index (χ0n) is 13.3. The molecule has 1 aromatic carbocycles. The third-order valence-electron chi connectivity index (χ3n) is 3.75. The second kappa shape index (κ2) is 6.38. The quantitative estimate of drug-likeness (QED) is 0.897. The second-order valence-electron chi connectivity index (χ2n) is 6.79. The minimum Gasteiger partial charge on any atom is -0.481 e. The number of amides is 1. The number of rotatable bonds is 4. The summed E-state index contributed by atoms with van der Waals surface area (Å²) in [7, 11) is 0. The van der Waals surface area contributed by atoms with Crippen LogP contribution in [0.4, 0.5) is 4.79 Å². The molecule has 0 heterocycles. The van der Waals surface area contributed by atoms with Gasteiger partial charge in [0.15, 0.2) is 0 Å². The number of carbonyl (C=O) groups is 2. The van der Waals surface area contributed by atoms with Crippen LogP contribution in [0.1, 0.15) is 38.3 Å². The Morgan fingerprint density at radius 3 is 2.27 bits per heavy atom. The summed E-state index contributed by atoms with van der Waals surface area (Å²) in [5, 5.41) is 11.9. The SMILES string of the molecule is CC(C)(C)OC(=O)NC(CC(=O)O)C1Cc2ccccc2C1. The van der Waals surface area contributed by atoms with E-state index < -0.39 is 23.7 Å². The molecule has 5 nitrogen and oxygen atoms in total. The normalized spacial score (nSPS) is 16.0. The molecule has 1 aliphatic carbocycles. The Morgan fingerprint density at radius 1 is 1.27 bits per heavy atom. The Kier molecular flexibility index (Phi) is 4.74. The minimum atomic E-state index is -0.919. The molecule has 1 aliphatic rings. The van der Waals surface area contributed by atoms with Crippen molar-refractivity contribution in [1.82, 2.24) is 5.32 Å². The molecule has 2 rings (SSSR count). The number of carboxylic acid groups (broad SMARTS) is 1. The van der Waals surface area contributed by atoms with Crippen LogP contribution < -0.4 is 5.32 Å². The maximum Gasteiger partial charge on any atom is 0.407 e. The number of benzene rings is 1. The number of carboxylic acids is 1. The van der Waals surface area contributed by atoms with Crippen LogP contribution in [0, 0.1) is 5.92 Å². The highest BCUT2D eigenvalue weighted by Crippen LogP contribution is 2.30. The first-order chi connectivity index (χ1) is 10.2. The van der Waals surface area contributed by atoms with Crippen LogP contribution in [-0.2, 0) is 22.4 Å². The molecule has 1 aromatic rings. The van der Waals surface area contributed by atoms with Crippen LogP contribution in [0.5, 0.6) is 0 Å². The average Bonchev–Trinajstić information content (AvgIpc) is 2.78. The molecule has 1 atom stereocenters. The number of nitrogens with one attached hydrogen (secondary N) is 1. The van der Waals surface area contributed by atoms with E-state index in [1.807, 2.05) is 12.1 Å². The van der Waals surface area contributed by atoms with Gasteiger partial charge >= 0.3 is 12.1 Å². The number of fused-ring (bicyclic) bond motifs is 1. The van der Waals surface area contributed by atoms with E-state index >= 15 is 0 Å². The first kappa shape index (κ1) is 16.3. The highest BCUT2D eigenvalue weighted by molar-refractivity contribution is 5.71. The van der Waals surface area contributed by atoms with Crippen molar-refractivity contribution in [1.29, 1.82) is 0 Å². The number of alkyl carbamates (subject to hydrolysis) is 1. The van der Waals surface area contributed by atoms with Crippen LogP contribution in [0.2, 0.25) is 0 Å². The van der Waals surface area contributed by atoms with E-state index in [1.54, 1.807) is 20.8 Å². The van der Waals surface area contributed by atoms with Gasteiger partial charge in [-0.2, -0.15) is 0 Å². The fourth-order valence-electron chi connectivity index (χ4n) is 2.86. The Bertz CT molecular complexity index is 537. The van der Waals surface area contributed by atoms with Gasteiger partial charge in [0.05, 0.1) is 6.42 Å². The molecular weight excluding hydrogens is 282 g/mol. The van der Waals surface area contributed by atoms with Crippen molar-refractivity contribution in [3.63, 3.8) is 0 Å². The monoisotopic (exact) mass is 305 g/mol. The molecule has 0 fully saturated rings. The highest BCUT2D eigenvalue weighted by atomic mass is 16.6. The van der Waals surface area contributed by atoms with E-state index in [2.05, 4.69) is 17.4 Å². The van der Waals surface area contributed by atoms with Crippen molar-refractivity contribution in [2.75, 3.05) is 0 Å². The molecule has 0 aromatic heterocycles.